The normalized spacial score (nSPS) is 10.2. The van der Waals surface area contributed by atoms with Crippen LogP contribution < -0.4 is 0 Å². The second-order valence-electron chi connectivity index (χ2n) is 3.38. The lowest BCUT2D eigenvalue weighted by Gasteiger charge is -2.02. The number of hydrogen-bond acceptors (Lipinski definition) is 2. The van der Waals surface area contributed by atoms with Gasteiger partial charge in [0.25, 0.3) is 0 Å². The van der Waals surface area contributed by atoms with Crippen molar-refractivity contribution in [2.24, 2.45) is 0 Å². The van der Waals surface area contributed by atoms with Gasteiger partial charge in [-0.1, -0.05) is 31.2 Å². The van der Waals surface area contributed by atoms with Crippen LogP contribution in [0.2, 0.25) is 0 Å². The average Bonchev–Trinajstić information content (AvgIpc) is 2.77. The summed E-state index contributed by atoms with van der Waals surface area (Å²) in [6, 6.07) is 10.2. The van der Waals surface area contributed by atoms with E-state index >= 15 is 0 Å². The van der Waals surface area contributed by atoms with Gasteiger partial charge in [0.1, 0.15) is 0 Å². The number of thiophene rings is 1. The van der Waals surface area contributed by atoms with Crippen LogP contribution in [0.15, 0.2) is 35.7 Å². The molecule has 0 bridgehead atoms. The number of aldehydes is 1. The molecule has 0 N–H and O–H groups in total. The summed E-state index contributed by atoms with van der Waals surface area (Å²) in [5.41, 5.74) is 3.23. The van der Waals surface area contributed by atoms with Gasteiger partial charge >= 0.3 is 0 Å². The molecule has 2 aromatic rings. The second kappa shape index (κ2) is 4.41. The Kier molecular flexibility index (Phi) is 2.97. The zero-order valence-corrected chi connectivity index (χ0v) is 9.38. The minimum absolute atomic E-state index is 0.785. The maximum absolute atomic E-state index is 10.8. The topological polar surface area (TPSA) is 17.1 Å². The molecule has 0 atom stereocenters. The molecule has 15 heavy (non-hydrogen) atoms. The molecule has 0 saturated heterocycles. The summed E-state index contributed by atoms with van der Waals surface area (Å²) >= 11 is 1.62. The molecule has 0 spiro atoms. The molecule has 76 valence electrons. The van der Waals surface area contributed by atoms with E-state index < -0.39 is 0 Å². The van der Waals surface area contributed by atoms with Crippen molar-refractivity contribution in [3.63, 3.8) is 0 Å². The molecular formula is C13H12OS. The van der Waals surface area contributed by atoms with Crippen molar-refractivity contribution in [1.82, 2.24) is 0 Å². The third-order valence-electron chi connectivity index (χ3n) is 2.42. The van der Waals surface area contributed by atoms with E-state index in [-0.39, 0.29) is 0 Å². The SMILES string of the molecule is CCc1cccc(-c2sccc2C=O)c1. The van der Waals surface area contributed by atoms with E-state index in [1.165, 1.54) is 5.56 Å². The largest absolute Gasteiger partial charge is 0.298 e. The van der Waals surface area contributed by atoms with E-state index in [1.807, 2.05) is 17.5 Å². The van der Waals surface area contributed by atoms with Gasteiger partial charge in [0.05, 0.1) is 0 Å². The third kappa shape index (κ3) is 2.00. The Hall–Kier alpha value is -1.41. The third-order valence-corrected chi connectivity index (χ3v) is 3.40. The molecular weight excluding hydrogens is 204 g/mol. The van der Waals surface area contributed by atoms with Crippen LogP contribution in [0, 0.1) is 0 Å². The van der Waals surface area contributed by atoms with Crippen molar-refractivity contribution in [3.05, 3.63) is 46.8 Å². The van der Waals surface area contributed by atoms with E-state index in [0.29, 0.717) is 0 Å². The molecule has 0 amide bonds. The van der Waals surface area contributed by atoms with Gasteiger partial charge in [0.15, 0.2) is 6.29 Å². The fourth-order valence-corrected chi connectivity index (χ4v) is 2.45. The molecule has 1 nitrogen and oxygen atoms in total. The van der Waals surface area contributed by atoms with Crippen LogP contribution in [0.25, 0.3) is 10.4 Å². The van der Waals surface area contributed by atoms with Gasteiger partial charge in [0, 0.05) is 10.4 Å². The Balaban J connectivity index is 2.48. The molecule has 0 fully saturated rings. The van der Waals surface area contributed by atoms with Gasteiger partial charge in [-0.05, 0) is 29.0 Å². The number of carbonyl (C=O) groups is 1. The first-order valence-electron chi connectivity index (χ1n) is 4.97. The quantitative estimate of drug-likeness (QED) is 0.713. The average molecular weight is 216 g/mol. The van der Waals surface area contributed by atoms with Crippen molar-refractivity contribution in [2.75, 3.05) is 0 Å². The summed E-state index contributed by atoms with van der Waals surface area (Å²) in [6.07, 6.45) is 1.94. The zero-order valence-electron chi connectivity index (χ0n) is 8.57. The van der Waals surface area contributed by atoms with Crippen molar-refractivity contribution < 1.29 is 4.79 Å². The summed E-state index contributed by atoms with van der Waals surface area (Å²) in [7, 11) is 0. The molecule has 2 rings (SSSR count). The summed E-state index contributed by atoms with van der Waals surface area (Å²) in [4.78, 5) is 11.9. The monoisotopic (exact) mass is 216 g/mol. The Morgan fingerprint density at radius 3 is 2.93 bits per heavy atom. The lowest BCUT2D eigenvalue weighted by Crippen LogP contribution is -1.83. The van der Waals surface area contributed by atoms with E-state index in [4.69, 9.17) is 0 Å². The number of hydrogen-bond donors (Lipinski definition) is 0. The number of carbonyl (C=O) groups excluding carboxylic acids is 1. The Morgan fingerprint density at radius 1 is 1.33 bits per heavy atom. The van der Waals surface area contributed by atoms with E-state index in [2.05, 4.69) is 25.1 Å². The van der Waals surface area contributed by atoms with Crippen LogP contribution in [0.5, 0.6) is 0 Å². The fraction of sp³-hybridized carbons (Fsp3) is 0.154. The predicted octanol–water partition coefficient (Wildman–Crippen LogP) is 3.79. The first-order chi connectivity index (χ1) is 7.35. The second-order valence-corrected chi connectivity index (χ2v) is 4.29. The molecule has 0 aliphatic heterocycles. The lowest BCUT2D eigenvalue weighted by molar-refractivity contribution is 0.112. The van der Waals surface area contributed by atoms with Crippen LogP contribution in [0.4, 0.5) is 0 Å². The van der Waals surface area contributed by atoms with Gasteiger partial charge in [-0.3, -0.25) is 4.79 Å². The van der Waals surface area contributed by atoms with E-state index in [0.717, 1.165) is 28.7 Å². The smallest absolute Gasteiger partial charge is 0.151 e. The summed E-state index contributed by atoms with van der Waals surface area (Å²) in [5, 5.41) is 1.96. The molecule has 0 aliphatic carbocycles. The highest BCUT2D eigenvalue weighted by atomic mass is 32.1. The number of rotatable bonds is 3. The molecule has 1 aromatic heterocycles. The van der Waals surface area contributed by atoms with Gasteiger partial charge in [0.2, 0.25) is 0 Å². The van der Waals surface area contributed by atoms with Crippen LogP contribution in [0.1, 0.15) is 22.8 Å². The van der Waals surface area contributed by atoms with Crippen molar-refractivity contribution in [3.8, 4) is 10.4 Å². The Labute approximate surface area is 93.4 Å². The van der Waals surface area contributed by atoms with Crippen LogP contribution in [-0.2, 0) is 6.42 Å². The first-order valence-corrected chi connectivity index (χ1v) is 5.85. The summed E-state index contributed by atoms with van der Waals surface area (Å²) in [5.74, 6) is 0. The van der Waals surface area contributed by atoms with Gasteiger partial charge in [-0.15, -0.1) is 11.3 Å². The van der Waals surface area contributed by atoms with Crippen LogP contribution in [-0.4, -0.2) is 6.29 Å². The molecule has 0 unspecified atom stereocenters. The highest BCUT2D eigenvalue weighted by Gasteiger charge is 2.05. The summed E-state index contributed by atoms with van der Waals surface area (Å²) in [6.45, 7) is 2.13. The maximum atomic E-state index is 10.8. The molecule has 1 heterocycles. The first kappa shape index (κ1) is 10.1. The number of benzene rings is 1. The van der Waals surface area contributed by atoms with Crippen molar-refractivity contribution in [2.45, 2.75) is 13.3 Å². The Morgan fingerprint density at radius 2 is 2.20 bits per heavy atom. The van der Waals surface area contributed by atoms with E-state index in [9.17, 15) is 4.79 Å². The molecule has 0 radical (unpaired) electrons. The van der Waals surface area contributed by atoms with Gasteiger partial charge in [-0.2, -0.15) is 0 Å². The minimum atomic E-state index is 0.785. The Bertz CT molecular complexity index is 471. The lowest BCUT2D eigenvalue weighted by atomic mass is 10.1. The standard InChI is InChI=1S/C13H12OS/c1-2-10-4-3-5-11(8-10)13-12(9-14)6-7-15-13/h3-9H,2H2,1H3. The maximum Gasteiger partial charge on any atom is 0.151 e. The molecule has 0 saturated carbocycles. The molecule has 1 aromatic carbocycles. The van der Waals surface area contributed by atoms with E-state index in [1.54, 1.807) is 11.3 Å². The van der Waals surface area contributed by atoms with Crippen LogP contribution in [0.3, 0.4) is 0 Å². The van der Waals surface area contributed by atoms with Gasteiger partial charge in [-0.25, -0.2) is 0 Å². The zero-order chi connectivity index (χ0) is 10.7. The molecule has 0 aliphatic rings. The van der Waals surface area contributed by atoms with Crippen molar-refractivity contribution >= 4 is 17.6 Å². The van der Waals surface area contributed by atoms with Crippen molar-refractivity contribution in [1.29, 1.82) is 0 Å². The highest BCUT2D eigenvalue weighted by molar-refractivity contribution is 7.14. The van der Waals surface area contributed by atoms with Gasteiger partial charge < -0.3 is 0 Å². The minimum Gasteiger partial charge on any atom is -0.298 e. The van der Waals surface area contributed by atoms with Crippen LogP contribution >= 0.6 is 11.3 Å². The highest BCUT2D eigenvalue weighted by Crippen LogP contribution is 2.29. The summed E-state index contributed by atoms with van der Waals surface area (Å²) < 4.78 is 0. The predicted molar refractivity (Wildman–Crippen MR) is 64.5 cm³/mol. The molecule has 2 heteroatoms. The fourth-order valence-electron chi connectivity index (χ4n) is 1.58. The number of aryl methyl sites for hydroxylation is 1.